The molecule has 1 aliphatic carbocycles. The summed E-state index contributed by atoms with van der Waals surface area (Å²) in [6.45, 7) is 3.75. The fourth-order valence-electron chi connectivity index (χ4n) is 2.95. The van der Waals surface area contributed by atoms with Crippen molar-refractivity contribution in [3.8, 4) is 16.9 Å². The van der Waals surface area contributed by atoms with Crippen LogP contribution < -0.4 is 15.8 Å². The summed E-state index contributed by atoms with van der Waals surface area (Å²) in [5.41, 5.74) is 6.21. The summed E-state index contributed by atoms with van der Waals surface area (Å²) in [5.74, 6) is 0.324. The Kier molecular flexibility index (Phi) is 5.44. The van der Waals surface area contributed by atoms with Gasteiger partial charge in [-0.05, 0) is 26.7 Å². The average molecular weight is 431 g/mol. The molecule has 0 atom stereocenters. The standard InChI is InChI=1S/C20H23F2N7O2/c1-20(2,30)10-29-9-11(7-25-29)13-8-24-16(5-14(13)31-12-3-4-12)27-17-6-15(23)26-19(28-17)18(21)22/h5-9,12,18,30H,3-4,10H2,1-2H3,(H3,23,24,26,27,28). The second-order valence-corrected chi connectivity index (χ2v) is 8.08. The molecule has 0 radical (unpaired) electrons. The zero-order valence-corrected chi connectivity index (χ0v) is 17.1. The van der Waals surface area contributed by atoms with E-state index in [0.717, 1.165) is 24.0 Å². The van der Waals surface area contributed by atoms with Gasteiger partial charge in [0.1, 0.15) is 23.2 Å². The Hall–Kier alpha value is -3.34. The summed E-state index contributed by atoms with van der Waals surface area (Å²) in [6.07, 6.45) is 4.31. The minimum Gasteiger partial charge on any atom is -0.490 e. The van der Waals surface area contributed by atoms with Crippen molar-refractivity contribution in [1.82, 2.24) is 24.7 Å². The van der Waals surface area contributed by atoms with Gasteiger partial charge in [0, 0.05) is 35.7 Å². The molecule has 1 saturated carbocycles. The predicted octanol–water partition coefficient (Wildman–Crippen LogP) is 3.31. The minimum atomic E-state index is -2.84. The minimum absolute atomic E-state index is 0.0712. The largest absolute Gasteiger partial charge is 0.490 e. The first-order chi connectivity index (χ1) is 14.7. The van der Waals surface area contributed by atoms with E-state index in [4.69, 9.17) is 10.5 Å². The maximum absolute atomic E-state index is 13.0. The van der Waals surface area contributed by atoms with Crippen LogP contribution in [0.5, 0.6) is 5.75 Å². The predicted molar refractivity (Wildman–Crippen MR) is 110 cm³/mol. The van der Waals surface area contributed by atoms with Gasteiger partial charge in [-0.1, -0.05) is 0 Å². The zero-order valence-electron chi connectivity index (χ0n) is 17.1. The molecular formula is C20H23F2N7O2. The lowest BCUT2D eigenvalue weighted by Gasteiger charge is -2.16. The lowest BCUT2D eigenvalue weighted by Crippen LogP contribution is -2.26. The molecule has 164 valence electrons. The van der Waals surface area contributed by atoms with Crippen LogP contribution in [0.4, 0.5) is 26.2 Å². The monoisotopic (exact) mass is 431 g/mol. The molecular weight excluding hydrogens is 408 g/mol. The first-order valence-corrected chi connectivity index (χ1v) is 9.78. The van der Waals surface area contributed by atoms with Gasteiger partial charge in [0.15, 0.2) is 5.82 Å². The number of ether oxygens (including phenoxy) is 1. The van der Waals surface area contributed by atoms with Crippen LogP contribution >= 0.6 is 0 Å². The number of aliphatic hydroxyl groups is 1. The fourth-order valence-corrected chi connectivity index (χ4v) is 2.95. The number of halogens is 2. The number of anilines is 3. The highest BCUT2D eigenvalue weighted by Crippen LogP contribution is 2.36. The maximum atomic E-state index is 13.0. The third kappa shape index (κ3) is 5.43. The number of nitrogen functional groups attached to an aromatic ring is 1. The van der Waals surface area contributed by atoms with Crippen molar-refractivity contribution in [1.29, 1.82) is 0 Å². The van der Waals surface area contributed by atoms with E-state index in [0.29, 0.717) is 18.1 Å². The van der Waals surface area contributed by atoms with Gasteiger partial charge in [-0.25, -0.2) is 23.7 Å². The average Bonchev–Trinajstić information content (AvgIpc) is 3.37. The Bertz CT molecular complexity index is 1080. The number of nitrogens with one attached hydrogen (secondary N) is 1. The van der Waals surface area contributed by atoms with E-state index in [2.05, 4.69) is 25.4 Å². The lowest BCUT2D eigenvalue weighted by molar-refractivity contribution is 0.0577. The third-order valence-electron chi connectivity index (χ3n) is 4.39. The summed E-state index contributed by atoms with van der Waals surface area (Å²) in [4.78, 5) is 11.7. The van der Waals surface area contributed by atoms with Gasteiger partial charge in [0.25, 0.3) is 6.43 Å². The molecule has 4 N–H and O–H groups in total. The molecule has 3 aromatic heterocycles. The molecule has 31 heavy (non-hydrogen) atoms. The molecule has 0 aromatic carbocycles. The third-order valence-corrected chi connectivity index (χ3v) is 4.39. The fraction of sp³-hybridized carbons (Fsp3) is 0.400. The Labute approximate surface area is 177 Å². The molecule has 11 heteroatoms. The van der Waals surface area contributed by atoms with E-state index in [9.17, 15) is 13.9 Å². The number of rotatable bonds is 8. The van der Waals surface area contributed by atoms with Crippen LogP contribution in [0.25, 0.3) is 11.1 Å². The van der Waals surface area contributed by atoms with Crippen LogP contribution in [-0.2, 0) is 6.54 Å². The SMILES string of the molecule is CC(C)(O)Cn1cc(-c2cnc(Nc3cc(N)nc(C(F)F)n3)cc2OC2CC2)cn1. The van der Waals surface area contributed by atoms with E-state index in [1.54, 1.807) is 37.0 Å². The molecule has 0 saturated heterocycles. The van der Waals surface area contributed by atoms with Crippen molar-refractivity contribution >= 4 is 17.5 Å². The topological polar surface area (TPSA) is 124 Å². The van der Waals surface area contributed by atoms with Crippen LogP contribution in [0.15, 0.2) is 30.7 Å². The van der Waals surface area contributed by atoms with Gasteiger partial charge in [0.05, 0.1) is 24.4 Å². The van der Waals surface area contributed by atoms with Gasteiger partial charge in [-0.2, -0.15) is 5.10 Å². The highest BCUT2D eigenvalue weighted by molar-refractivity contribution is 5.71. The molecule has 0 spiro atoms. The Morgan fingerprint density at radius 3 is 2.71 bits per heavy atom. The van der Waals surface area contributed by atoms with Crippen LogP contribution in [0.1, 0.15) is 38.9 Å². The molecule has 3 heterocycles. The molecule has 0 bridgehead atoms. The maximum Gasteiger partial charge on any atom is 0.297 e. The number of hydrogen-bond acceptors (Lipinski definition) is 8. The number of hydrogen-bond donors (Lipinski definition) is 3. The van der Waals surface area contributed by atoms with Crippen LogP contribution in [-0.4, -0.2) is 41.5 Å². The first kappa shape index (κ1) is 20.9. The lowest BCUT2D eigenvalue weighted by atomic mass is 10.1. The summed E-state index contributed by atoms with van der Waals surface area (Å²) in [6, 6.07) is 3.03. The summed E-state index contributed by atoms with van der Waals surface area (Å²) in [7, 11) is 0. The van der Waals surface area contributed by atoms with Crippen molar-refractivity contribution in [2.75, 3.05) is 11.1 Å². The molecule has 0 aliphatic heterocycles. The Morgan fingerprint density at radius 1 is 1.26 bits per heavy atom. The molecule has 9 nitrogen and oxygen atoms in total. The van der Waals surface area contributed by atoms with Gasteiger partial charge >= 0.3 is 0 Å². The quantitative estimate of drug-likeness (QED) is 0.496. The van der Waals surface area contributed by atoms with Crippen molar-refractivity contribution in [3.63, 3.8) is 0 Å². The van der Waals surface area contributed by atoms with E-state index < -0.39 is 17.9 Å². The number of nitrogens with two attached hydrogens (primary N) is 1. The highest BCUT2D eigenvalue weighted by Gasteiger charge is 2.26. The van der Waals surface area contributed by atoms with Crippen molar-refractivity contribution in [2.45, 2.75) is 51.4 Å². The first-order valence-electron chi connectivity index (χ1n) is 9.78. The van der Waals surface area contributed by atoms with Crippen molar-refractivity contribution in [3.05, 3.63) is 36.5 Å². The number of aromatic nitrogens is 5. The molecule has 1 aliphatic rings. The molecule has 3 aromatic rings. The van der Waals surface area contributed by atoms with Gasteiger partial charge in [-0.3, -0.25) is 4.68 Å². The van der Waals surface area contributed by atoms with Crippen molar-refractivity contribution in [2.24, 2.45) is 0 Å². The number of pyridine rings is 1. The van der Waals surface area contributed by atoms with E-state index in [-0.39, 0.29) is 17.7 Å². The normalized spacial score (nSPS) is 14.1. The Balaban J connectivity index is 1.62. The number of alkyl halides is 2. The summed E-state index contributed by atoms with van der Waals surface area (Å²) < 4.78 is 33.6. The second kappa shape index (κ2) is 8.06. The van der Waals surface area contributed by atoms with Gasteiger partial charge < -0.3 is 20.9 Å². The zero-order chi connectivity index (χ0) is 22.2. The molecule has 1 fully saturated rings. The summed E-state index contributed by atoms with van der Waals surface area (Å²) >= 11 is 0. The number of nitrogens with zero attached hydrogens (tertiary/aromatic N) is 5. The molecule has 4 rings (SSSR count). The van der Waals surface area contributed by atoms with Crippen LogP contribution in [0.3, 0.4) is 0 Å². The van der Waals surface area contributed by atoms with Crippen LogP contribution in [0.2, 0.25) is 0 Å². The van der Waals surface area contributed by atoms with Gasteiger partial charge in [-0.15, -0.1) is 0 Å². The van der Waals surface area contributed by atoms with E-state index >= 15 is 0 Å². The summed E-state index contributed by atoms with van der Waals surface area (Å²) in [5, 5.41) is 17.2. The van der Waals surface area contributed by atoms with E-state index in [1.165, 1.54) is 6.07 Å². The molecule has 0 amide bonds. The van der Waals surface area contributed by atoms with E-state index in [1.807, 2.05) is 6.20 Å². The highest BCUT2D eigenvalue weighted by atomic mass is 19.3. The van der Waals surface area contributed by atoms with Crippen molar-refractivity contribution < 1.29 is 18.6 Å². The smallest absolute Gasteiger partial charge is 0.297 e. The Morgan fingerprint density at radius 2 is 2.03 bits per heavy atom. The van der Waals surface area contributed by atoms with Crippen LogP contribution in [0, 0.1) is 0 Å². The van der Waals surface area contributed by atoms with Gasteiger partial charge in [0.2, 0.25) is 0 Å². The molecule has 0 unspecified atom stereocenters. The second-order valence-electron chi connectivity index (χ2n) is 8.08.